The normalized spacial score (nSPS) is 15.7. The second-order valence-corrected chi connectivity index (χ2v) is 8.28. The highest BCUT2D eigenvalue weighted by Crippen LogP contribution is 2.32. The van der Waals surface area contributed by atoms with Gasteiger partial charge in [-0.05, 0) is 37.2 Å². The zero-order valence-corrected chi connectivity index (χ0v) is 17.3. The SMILES string of the molecule is Fc1ccc(N2CCN(CCCSc3nnc4c(C(F)(F)F)cccn34)CC2)c(F)c1. The molecular weight excluding hydrogens is 437 g/mol. The van der Waals surface area contributed by atoms with Gasteiger partial charge in [0.25, 0.3) is 0 Å². The lowest BCUT2D eigenvalue weighted by atomic mass is 10.2. The van der Waals surface area contributed by atoms with E-state index >= 15 is 0 Å². The average molecular weight is 457 g/mol. The Morgan fingerprint density at radius 2 is 1.77 bits per heavy atom. The highest BCUT2D eigenvalue weighted by atomic mass is 32.2. The topological polar surface area (TPSA) is 36.7 Å². The molecule has 0 radical (unpaired) electrons. The second-order valence-electron chi connectivity index (χ2n) is 7.22. The molecule has 0 unspecified atom stereocenters. The summed E-state index contributed by atoms with van der Waals surface area (Å²) in [4.78, 5) is 4.16. The van der Waals surface area contributed by atoms with Crippen molar-refractivity contribution in [2.45, 2.75) is 17.8 Å². The summed E-state index contributed by atoms with van der Waals surface area (Å²) < 4.78 is 67.6. The maximum Gasteiger partial charge on any atom is 0.420 e. The summed E-state index contributed by atoms with van der Waals surface area (Å²) in [5.74, 6) is -0.462. The molecule has 0 saturated carbocycles. The lowest BCUT2D eigenvalue weighted by Gasteiger charge is -2.36. The van der Waals surface area contributed by atoms with Gasteiger partial charge in [-0.15, -0.1) is 10.2 Å². The van der Waals surface area contributed by atoms with E-state index in [9.17, 15) is 22.0 Å². The van der Waals surface area contributed by atoms with Crippen molar-refractivity contribution in [3.63, 3.8) is 0 Å². The van der Waals surface area contributed by atoms with E-state index in [4.69, 9.17) is 0 Å². The number of pyridine rings is 1. The lowest BCUT2D eigenvalue weighted by molar-refractivity contribution is -0.136. The first-order valence-corrected chi connectivity index (χ1v) is 10.8. The molecule has 1 saturated heterocycles. The molecule has 31 heavy (non-hydrogen) atoms. The van der Waals surface area contributed by atoms with Crippen molar-refractivity contribution >= 4 is 23.1 Å². The van der Waals surface area contributed by atoms with Crippen LogP contribution >= 0.6 is 11.8 Å². The number of hydrogen-bond acceptors (Lipinski definition) is 5. The van der Waals surface area contributed by atoms with Gasteiger partial charge in [-0.25, -0.2) is 8.78 Å². The number of anilines is 1. The van der Waals surface area contributed by atoms with Crippen LogP contribution in [0.15, 0.2) is 41.7 Å². The van der Waals surface area contributed by atoms with Crippen molar-refractivity contribution in [1.82, 2.24) is 19.5 Å². The Hall–Kier alpha value is -2.40. The average Bonchev–Trinajstić information content (AvgIpc) is 3.14. The van der Waals surface area contributed by atoms with Gasteiger partial charge < -0.3 is 4.90 Å². The second kappa shape index (κ2) is 8.99. The van der Waals surface area contributed by atoms with Gasteiger partial charge in [-0.2, -0.15) is 13.2 Å². The van der Waals surface area contributed by atoms with Gasteiger partial charge in [-0.1, -0.05) is 11.8 Å². The summed E-state index contributed by atoms with van der Waals surface area (Å²) in [6.45, 7) is 3.61. The molecule has 0 bridgehead atoms. The maximum absolute atomic E-state index is 13.9. The smallest absolute Gasteiger partial charge is 0.367 e. The third-order valence-electron chi connectivity index (χ3n) is 5.18. The fraction of sp³-hybridized carbons (Fsp3) is 0.400. The van der Waals surface area contributed by atoms with Gasteiger partial charge in [-0.3, -0.25) is 9.30 Å². The maximum atomic E-state index is 13.9. The zero-order chi connectivity index (χ0) is 22.0. The number of fused-ring (bicyclic) bond motifs is 1. The Morgan fingerprint density at radius 1 is 1.00 bits per heavy atom. The molecule has 1 fully saturated rings. The third kappa shape index (κ3) is 4.93. The van der Waals surface area contributed by atoms with Crippen molar-refractivity contribution < 1.29 is 22.0 Å². The van der Waals surface area contributed by atoms with Gasteiger partial charge >= 0.3 is 6.18 Å². The van der Waals surface area contributed by atoms with E-state index in [0.717, 1.165) is 38.2 Å². The van der Waals surface area contributed by atoms with Crippen molar-refractivity contribution in [2.24, 2.45) is 0 Å². The van der Waals surface area contributed by atoms with Gasteiger partial charge in [0.2, 0.25) is 0 Å². The minimum absolute atomic E-state index is 0.193. The minimum atomic E-state index is -4.48. The fourth-order valence-corrected chi connectivity index (χ4v) is 4.46. The molecule has 4 rings (SSSR count). The van der Waals surface area contributed by atoms with E-state index in [0.29, 0.717) is 29.7 Å². The van der Waals surface area contributed by atoms with E-state index in [2.05, 4.69) is 15.1 Å². The first-order chi connectivity index (χ1) is 14.8. The van der Waals surface area contributed by atoms with Crippen LogP contribution in [0.25, 0.3) is 5.65 Å². The molecule has 5 nitrogen and oxygen atoms in total. The summed E-state index contributed by atoms with van der Waals surface area (Å²) in [7, 11) is 0. The van der Waals surface area contributed by atoms with Crippen LogP contribution in [0.4, 0.5) is 27.6 Å². The van der Waals surface area contributed by atoms with E-state index < -0.39 is 23.4 Å². The molecule has 1 aliphatic heterocycles. The molecule has 1 aromatic carbocycles. The minimum Gasteiger partial charge on any atom is -0.367 e. The Labute approximate surface area is 179 Å². The molecule has 3 aromatic rings. The molecule has 0 amide bonds. The number of benzene rings is 1. The first-order valence-electron chi connectivity index (χ1n) is 9.79. The number of rotatable bonds is 6. The van der Waals surface area contributed by atoms with Gasteiger partial charge in [0.1, 0.15) is 17.2 Å². The molecule has 0 aliphatic carbocycles. The Bertz CT molecular complexity index is 1050. The first kappa shape index (κ1) is 21.8. The largest absolute Gasteiger partial charge is 0.420 e. The van der Waals surface area contributed by atoms with E-state index in [1.807, 2.05) is 4.90 Å². The third-order valence-corrected chi connectivity index (χ3v) is 6.21. The van der Waals surface area contributed by atoms with E-state index in [1.54, 1.807) is 0 Å². The Kier molecular flexibility index (Phi) is 6.33. The van der Waals surface area contributed by atoms with Gasteiger partial charge in [0, 0.05) is 44.2 Å². The van der Waals surface area contributed by atoms with Crippen LogP contribution in [0.2, 0.25) is 0 Å². The summed E-state index contributed by atoms with van der Waals surface area (Å²) in [5, 5.41) is 8.04. The number of halogens is 5. The summed E-state index contributed by atoms with van der Waals surface area (Å²) >= 11 is 1.37. The van der Waals surface area contributed by atoms with E-state index in [-0.39, 0.29) is 5.65 Å². The Balaban J connectivity index is 1.26. The summed E-state index contributed by atoms with van der Waals surface area (Å²) in [6.07, 6.45) is -2.12. The highest BCUT2D eigenvalue weighted by Gasteiger charge is 2.34. The molecule has 0 atom stereocenters. The van der Waals surface area contributed by atoms with Crippen LogP contribution < -0.4 is 4.90 Å². The van der Waals surface area contributed by atoms with Crippen molar-refractivity contribution in [2.75, 3.05) is 43.4 Å². The standard InChI is InChI=1S/C20H20F5N5S/c21-14-4-5-17(16(22)13-14)29-10-8-28(9-11-29)6-2-12-31-19-27-26-18-15(20(23,24)25)3-1-7-30(18)19/h1,3-5,7,13H,2,6,8-12H2. The zero-order valence-electron chi connectivity index (χ0n) is 16.4. The predicted molar refractivity (Wildman–Crippen MR) is 108 cm³/mol. The molecule has 3 heterocycles. The summed E-state index contributed by atoms with van der Waals surface area (Å²) in [6, 6.07) is 5.95. The van der Waals surface area contributed by atoms with Crippen LogP contribution in [0.3, 0.4) is 0 Å². The lowest BCUT2D eigenvalue weighted by Crippen LogP contribution is -2.47. The van der Waals surface area contributed by atoms with Gasteiger partial charge in [0.15, 0.2) is 10.8 Å². The van der Waals surface area contributed by atoms with Crippen molar-refractivity contribution in [1.29, 1.82) is 0 Å². The van der Waals surface area contributed by atoms with Crippen LogP contribution in [-0.4, -0.2) is 58.0 Å². The van der Waals surface area contributed by atoms with Crippen LogP contribution in [0.1, 0.15) is 12.0 Å². The highest BCUT2D eigenvalue weighted by molar-refractivity contribution is 7.99. The number of hydrogen-bond donors (Lipinski definition) is 0. The van der Waals surface area contributed by atoms with Crippen molar-refractivity contribution in [3.8, 4) is 0 Å². The molecule has 11 heteroatoms. The van der Waals surface area contributed by atoms with Crippen LogP contribution in [0, 0.1) is 11.6 Å². The quantitative estimate of drug-likeness (QED) is 0.313. The molecule has 2 aromatic heterocycles. The molecule has 0 spiro atoms. The number of nitrogens with zero attached hydrogens (tertiary/aromatic N) is 5. The predicted octanol–water partition coefficient (Wildman–Crippen LogP) is 4.33. The van der Waals surface area contributed by atoms with Crippen molar-refractivity contribution in [3.05, 3.63) is 53.7 Å². The Morgan fingerprint density at radius 3 is 2.48 bits per heavy atom. The van der Waals surface area contributed by atoms with Crippen LogP contribution in [0.5, 0.6) is 0 Å². The molecule has 1 aliphatic rings. The molecule has 0 N–H and O–H groups in total. The number of thioether (sulfide) groups is 1. The van der Waals surface area contributed by atoms with Crippen LogP contribution in [-0.2, 0) is 6.18 Å². The number of aromatic nitrogens is 3. The number of piperazine rings is 1. The monoisotopic (exact) mass is 457 g/mol. The summed E-state index contributed by atoms with van der Waals surface area (Å²) in [5.41, 5.74) is -0.583. The number of alkyl halides is 3. The fourth-order valence-electron chi connectivity index (χ4n) is 3.62. The molecule has 166 valence electrons. The van der Waals surface area contributed by atoms with E-state index in [1.165, 1.54) is 40.6 Å². The van der Waals surface area contributed by atoms with Gasteiger partial charge in [0.05, 0.1) is 5.69 Å². The molecular formula is C20H20F5N5S.